The molecule has 1 aromatic heterocycles. The Bertz CT molecular complexity index is 840. The molecule has 1 aliphatic heterocycles. The molecule has 0 bridgehead atoms. The molecule has 0 N–H and O–H groups in total. The first-order valence-electron chi connectivity index (χ1n) is 8.48. The highest BCUT2D eigenvalue weighted by molar-refractivity contribution is 5.32. The van der Waals surface area contributed by atoms with Crippen LogP contribution in [0.25, 0.3) is 0 Å². The van der Waals surface area contributed by atoms with Crippen LogP contribution in [0.2, 0.25) is 0 Å². The van der Waals surface area contributed by atoms with Gasteiger partial charge in [-0.15, -0.1) is 0 Å². The number of benzene rings is 1. The van der Waals surface area contributed by atoms with Crippen LogP contribution in [-0.4, -0.2) is 22.3 Å². The van der Waals surface area contributed by atoms with Crippen LogP contribution in [0.5, 0.6) is 11.8 Å². The van der Waals surface area contributed by atoms with E-state index >= 15 is 0 Å². The summed E-state index contributed by atoms with van der Waals surface area (Å²) in [5.74, 6) is -0.185. The van der Waals surface area contributed by atoms with Crippen LogP contribution in [0.3, 0.4) is 0 Å². The van der Waals surface area contributed by atoms with Gasteiger partial charge in [-0.1, -0.05) is 33.8 Å². The van der Waals surface area contributed by atoms with Gasteiger partial charge in [-0.25, -0.2) is 4.39 Å². The van der Waals surface area contributed by atoms with Gasteiger partial charge in [-0.2, -0.15) is 4.98 Å². The van der Waals surface area contributed by atoms with E-state index in [1.165, 1.54) is 12.1 Å². The monoisotopic (exact) mass is 346 g/mol. The third-order valence-corrected chi connectivity index (χ3v) is 4.32. The van der Waals surface area contributed by atoms with Crippen molar-refractivity contribution in [3.05, 3.63) is 51.7 Å². The maximum atomic E-state index is 14.3. The Morgan fingerprint density at radius 2 is 2.12 bits per heavy atom. The van der Waals surface area contributed by atoms with Gasteiger partial charge in [-0.3, -0.25) is 9.36 Å². The van der Waals surface area contributed by atoms with Crippen molar-refractivity contribution in [3.8, 4) is 11.8 Å². The molecule has 0 saturated heterocycles. The normalized spacial score (nSPS) is 16.4. The van der Waals surface area contributed by atoms with Gasteiger partial charge in [0.25, 0.3) is 11.6 Å². The van der Waals surface area contributed by atoms with E-state index in [0.717, 1.165) is 11.3 Å². The number of ether oxygens (including phenoxy) is 2. The molecule has 0 fully saturated rings. The predicted octanol–water partition coefficient (Wildman–Crippen LogP) is 3.08. The van der Waals surface area contributed by atoms with Crippen LogP contribution in [0.4, 0.5) is 4.39 Å². The van der Waals surface area contributed by atoms with Gasteiger partial charge in [-0.05, 0) is 29.5 Å². The average Bonchev–Trinajstić information content (AvgIpc) is 2.94. The molecule has 134 valence electrons. The van der Waals surface area contributed by atoms with Crippen LogP contribution in [0.1, 0.15) is 39.0 Å². The molecule has 1 aromatic carbocycles. The summed E-state index contributed by atoms with van der Waals surface area (Å²) in [6, 6.07) is 6.85. The second-order valence-electron chi connectivity index (χ2n) is 7.28. The van der Waals surface area contributed by atoms with Crippen molar-refractivity contribution in [1.29, 1.82) is 0 Å². The molecule has 1 aliphatic rings. The molecule has 0 amide bonds. The standard InChI is InChI=1S/C19H23FN2O3/c1-5-13-9-17(23)21-18-22(13)10-14(25-18)11-24-16-7-6-12(8-15(16)20)19(2,3)4/h6-9,14H,5,10-11H2,1-4H3/t14-/m0/s1. The van der Waals surface area contributed by atoms with Gasteiger partial charge >= 0.3 is 0 Å². The summed E-state index contributed by atoms with van der Waals surface area (Å²) in [6.07, 6.45) is 0.409. The Labute approximate surface area is 146 Å². The Kier molecular flexibility index (Phi) is 4.54. The van der Waals surface area contributed by atoms with Gasteiger partial charge < -0.3 is 9.47 Å². The predicted molar refractivity (Wildman–Crippen MR) is 92.9 cm³/mol. The smallest absolute Gasteiger partial charge is 0.300 e. The second-order valence-corrected chi connectivity index (χ2v) is 7.28. The third kappa shape index (κ3) is 3.67. The van der Waals surface area contributed by atoms with Gasteiger partial charge in [0.05, 0.1) is 6.54 Å². The fourth-order valence-electron chi connectivity index (χ4n) is 2.85. The number of hydrogen-bond acceptors (Lipinski definition) is 4. The number of halogens is 1. The fraction of sp³-hybridized carbons (Fsp3) is 0.474. The summed E-state index contributed by atoms with van der Waals surface area (Å²) in [7, 11) is 0. The zero-order valence-electron chi connectivity index (χ0n) is 15.0. The Balaban J connectivity index is 1.69. The largest absolute Gasteiger partial charge is 0.487 e. The SMILES string of the molecule is CCc1cc(=O)nc2n1C[C@@H](COc1ccc(C(C)(C)C)cc1F)O2. The minimum absolute atomic E-state index is 0.121. The number of rotatable bonds is 4. The molecule has 0 spiro atoms. The molecule has 1 atom stereocenters. The Hall–Kier alpha value is -2.37. The fourth-order valence-corrected chi connectivity index (χ4v) is 2.85. The maximum Gasteiger partial charge on any atom is 0.300 e. The molecular formula is C19H23FN2O3. The summed E-state index contributed by atoms with van der Waals surface area (Å²) < 4.78 is 27.4. The van der Waals surface area contributed by atoms with Gasteiger partial charge in [0.1, 0.15) is 6.61 Å². The van der Waals surface area contributed by atoms with Crippen molar-refractivity contribution in [2.24, 2.45) is 0 Å². The summed E-state index contributed by atoms with van der Waals surface area (Å²) in [5, 5.41) is 0. The van der Waals surface area contributed by atoms with Gasteiger partial charge in [0, 0.05) is 11.8 Å². The summed E-state index contributed by atoms with van der Waals surface area (Å²) >= 11 is 0. The maximum absolute atomic E-state index is 14.3. The molecule has 6 heteroatoms. The van der Waals surface area contributed by atoms with Crippen molar-refractivity contribution in [2.75, 3.05) is 6.61 Å². The molecule has 25 heavy (non-hydrogen) atoms. The summed E-state index contributed by atoms with van der Waals surface area (Å²) in [4.78, 5) is 15.4. The molecule has 2 heterocycles. The first-order valence-corrected chi connectivity index (χ1v) is 8.48. The average molecular weight is 346 g/mol. The first kappa shape index (κ1) is 17.5. The van der Waals surface area contributed by atoms with Gasteiger partial charge in [0.2, 0.25) is 0 Å². The number of aryl methyl sites for hydroxylation is 1. The van der Waals surface area contributed by atoms with E-state index in [9.17, 15) is 9.18 Å². The molecule has 3 rings (SSSR count). The zero-order chi connectivity index (χ0) is 18.2. The number of nitrogens with zero attached hydrogens (tertiary/aromatic N) is 2. The molecule has 5 nitrogen and oxygen atoms in total. The van der Waals surface area contributed by atoms with E-state index in [2.05, 4.69) is 4.98 Å². The topological polar surface area (TPSA) is 53.4 Å². The zero-order valence-corrected chi connectivity index (χ0v) is 15.0. The highest BCUT2D eigenvalue weighted by Gasteiger charge is 2.26. The van der Waals surface area contributed by atoms with Crippen molar-refractivity contribution in [3.63, 3.8) is 0 Å². The molecule has 0 radical (unpaired) electrons. The van der Waals surface area contributed by atoms with Crippen molar-refractivity contribution >= 4 is 0 Å². The van der Waals surface area contributed by atoms with Crippen molar-refractivity contribution in [2.45, 2.75) is 52.2 Å². The molecule has 2 aromatic rings. The Morgan fingerprint density at radius 1 is 1.36 bits per heavy atom. The number of fused-ring (bicyclic) bond motifs is 1. The lowest BCUT2D eigenvalue weighted by Gasteiger charge is -2.20. The molecule has 0 aliphatic carbocycles. The van der Waals surface area contributed by atoms with Crippen LogP contribution < -0.4 is 15.0 Å². The van der Waals surface area contributed by atoms with Crippen LogP contribution >= 0.6 is 0 Å². The third-order valence-electron chi connectivity index (χ3n) is 4.32. The van der Waals surface area contributed by atoms with Crippen LogP contribution in [0.15, 0.2) is 29.1 Å². The van der Waals surface area contributed by atoms with E-state index in [1.807, 2.05) is 38.3 Å². The number of hydrogen-bond donors (Lipinski definition) is 0. The first-order chi connectivity index (χ1) is 11.8. The minimum atomic E-state index is -0.384. The van der Waals surface area contributed by atoms with Gasteiger partial charge in [0.15, 0.2) is 17.7 Å². The highest BCUT2D eigenvalue weighted by atomic mass is 19.1. The van der Waals surface area contributed by atoms with Crippen molar-refractivity contribution < 1.29 is 13.9 Å². The Morgan fingerprint density at radius 3 is 2.76 bits per heavy atom. The molecule has 0 saturated carbocycles. The lowest BCUT2D eigenvalue weighted by molar-refractivity contribution is 0.140. The lowest BCUT2D eigenvalue weighted by atomic mass is 9.87. The quantitative estimate of drug-likeness (QED) is 0.854. The van der Waals surface area contributed by atoms with E-state index in [-0.39, 0.29) is 35.3 Å². The van der Waals surface area contributed by atoms with E-state index < -0.39 is 0 Å². The van der Waals surface area contributed by atoms with Crippen molar-refractivity contribution in [1.82, 2.24) is 9.55 Å². The highest BCUT2D eigenvalue weighted by Crippen LogP contribution is 2.28. The van der Waals surface area contributed by atoms with E-state index in [1.54, 1.807) is 6.07 Å². The second kappa shape index (κ2) is 6.50. The molecular weight excluding hydrogens is 323 g/mol. The lowest BCUT2D eigenvalue weighted by Crippen LogP contribution is -2.24. The van der Waals surface area contributed by atoms with Crippen LogP contribution in [0, 0.1) is 5.82 Å². The van der Waals surface area contributed by atoms with E-state index in [0.29, 0.717) is 19.0 Å². The van der Waals surface area contributed by atoms with E-state index in [4.69, 9.17) is 9.47 Å². The number of aromatic nitrogens is 2. The molecule has 0 unspecified atom stereocenters. The van der Waals surface area contributed by atoms with Crippen LogP contribution in [-0.2, 0) is 18.4 Å². The minimum Gasteiger partial charge on any atom is -0.487 e. The summed E-state index contributed by atoms with van der Waals surface area (Å²) in [5.41, 5.74) is 1.36. The summed E-state index contributed by atoms with van der Waals surface area (Å²) in [6.45, 7) is 8.79.